The van der Waals surface area contributed by atoms with E-state index in [0.29, 0.717) is 5.16 Å². The van der Waals surface area contributed by atoms with Crippen LogP contribution in [0.2, 0.25) is 0 Å². The number of hydrogen-bond acceptors (Lipinski definition) is 5. The first-order valence-corrected chi connectivity index (χ1v) is 10.2. The highest BCUT2D eigenvalue weighted by Gasteiger charge is 2.15. The van der Waals surface area contributed by atoms with Crippen molar-refractivity contribution in [2.45, 2.75) is 24.9 Å². The van der Waals surface area contributed by atoms with Gasteiger partial charge in [-0.3, -0.25) is 4.79 Å². The number of thiophene rings is 1. The summed E-state index contributed by atoms with van der Waals surface area (Å²) in [5.41, 5.74) is 0.950. The molecular weight excluding hydrogens is 390 g/mol. The van der Waals surface area contributed by atoms with Crippen LogP contribution in [0, 0.1) is 11.6 Å². The van der Waals surface area contributed by atoms with E-state index in [1.54, 1.807) is 11.3 Å². The molecule has 1 N–H and O–H groups in total. The Kier molecular flexibility index (Phi) is 6.22. The van der Waals surface area contributed by atoms with E-state index in [9.17, 15) is 13.6 Å². The number of hydrogen-bond donors (Lipinski definition) is 1. The number of nitrogens with zero attached hydrogens (tertiary/aromatic N) is 3. The summed E-state index contributed by atoms with van der Waals surface area (Å²) in [6, 6.07) is 5.12. The molecule has 142 valence electrons. The Hall–Kier alpha value is -2.26. The average molecular weight is 408 g/mol. The molecule has 0 bridgehead atoms. The van der Waals surface area contributed by atoms with Gasteiger partial charge in [-0.05, 0) is 24.6 Å². The second-order valence-electron chi connectivity index (χ2n) is 5.88. The third-order valence-corrected chi connectivity index (χ3v) is 5.80. The van der Waals surface area contributed by atoms with E-state index < -0.39 is 17.5 Å². The lowest BCUT2D eigenvalue weighted by atomic mass is 10.2. The van der Waals surface area contributed by atoms with Crippen LogP contribution in [0.1, 0.15) is 18.2 Å². The number of rotatable bonds is 7. The highest BCUT2D eigenvalue weighted by atomic mass is 32.2. The maximum atomic E-state index is 13.6. The van der Waals surface area contributed by atoms with E-state index in [-0.39, 0.29) is 11.4 Å². The largest absolute Gasteiger partial charge is 0.323 e. The van der Waals surface area contributed by atoms with Gasteiger partial charge in [0.2, 0.25) is 5.91 Å². The first-order chi connectivity index (χ1) is 13.0. The quantitative estimate of drug-likeness (QED) is 0.585. The summed E-state index contributed by atoms with van der Waals surface area (Å²) in [4.78, 5) is 13.3. The van der Waals surface area contributed by atoms with Gasteiger partial charge in [-0.25, -0.2) is 8.78 Å². The molecule has 0 spiro atoms. The molecule has 0 saturated carbocycles. The van der Waals surface area contributed by atoms with Gasteiger partial charge < -0.3 is 9.88 Å². The maximum Gasteiger partial charge on any atom is 0.234 e. The van der Waals surface area contributed by atoms with Gasteiger partial charge in [0.25, 0.3) is 0 Å². The summed E-state index contributed by atoms with van der Waals surface area (Å²) < 4.78 is 28.3. The molecule has 3 aromatic rings. The fraction of sp³-hybridized carbons (Fsp3) is 0.278. The number of nitrogens with one attached hydrogen (secondary N) is 1. The summed E-state index contributed by atoms with van der Waals surface area (Å²) in [5.74, 6) is -1.14. The summed E-state index contributed by atoms with van der Waals surface area (Å²) in [7, 11) is 1.84. The van der Waals surface area contributed by atoms with Crippen LogP contribution < -0.4 is 5.32 Å². The Balaban J connectivity index is 1.62. The minimum atomic E-state index is -0.811. The molecule has 1 aromatic carbocycles. The van der Waals surface area contributed by atoms with Crippen LogP contribution in [0.25, 0.3) is 11.4 Å². The molecule has 0 aliphatic carbocycles. The van der Waals surface area contributed by atoms with Crippen LogP contribution in [0.3, 0.4) is 0 Å². The van der Waals surface area contributed by atoms with Crippen LogP contribution in [-0.2, 0) is 18.3 Å². The van der Waals surface area contributed by atoms with E-state index in [0.717, 1.165) is 36.4 Å². The van der Waals surface area contributed by atoms with Gasteiger partial charge in [0.1, 0.15) is 11.6 Å². The molecule has 2 aromatic heterocycles. The predicted molar refractivity (Wildman–Crippen MR) is 104 cm³/mol. The zero-order chi connectivity index (χ0) is 19.4. The second kappa shape index (κ2) is 8.62. The number of thioether (sulfide) groups is 1. The number of carbonyl (C=O) groups is 1. The van der Waals surface area contributed by atoms with Gasteiger partial charge in [0.15, 0.2) is 11.0 Å². The molecule has 2 heterocycles. The average Bonchev–Trinajstić information content (AvgIpc) is 3.22. The van der Waals surface area contributed by atoms with Gasteiger partial charge in [-0.15, -0.1) is 21.5 Å². The Morgan fingerprint density at radius 3 is 2.85 bits per heavy atom. The highest BCUT2D eigenvalue weighted by Crippen LogP contribution is 2.27. The zero-order valence-corrected chi connectivity index (χ0v) is 16.5. The van der Waals surface area contributed by atoms with Crippen LogP contribution in [0.15, 0.2) is 34.8 Å². The molecule has 0 aliphatic rings. The third-order valence-electron chi connectivity index (χ3n) is 3.78. The minimum absolute atomic E-state index is 0.0352. The smallest absolute Gasteiger partial charge is 0.234 e. The summed E-state index contributed by atoms with van der Waals surface area (Å²) >= 11 is 2.89. The fourth-order valence-corrected chi connectivity index (χ4v) is 4.15. The van der Waals surface area contributed by atoms with E-state index in [1.807, 2.05) is 17.0 Å². The summed E-state index contributed by atoms with van der Waals surface area (Å²) in [5, 5.41) is 13.4. The third kappa shape index (κ3) is 4.72. The van der Waals surface area contributed by atoms with Gasteiger partial charge in [0, 0.05) is 28.9 Å². The number of aryl methyl sites for hydroxylation is 1. The number of benzene rings is 1. The van der Waals surface area contributed by atoms with E-state index >= 15 is 0 Å². The molecule has 27 heavy (non-hydrogen) atoms. The van der Waals surface area contributed by atoms with Crippen molar-refractivity contribution in [3.05, 3.63) is 46.2 Å². The van der Waals surface area contributed by atoms with E-state index in [2.05, 4.69) is 28.5 Å². The van der Waals surface area contributed by atoms with Gasteiger partial charge in [-0.1, -0.05) is 25.1 Å². The van der Waals surface area contributed by atoms with Crippen molar-refractivity contribution in [3.63, 3.8) is 0 Å². The predicted octanol–water partition coefficient (Wildman–Crippen LogP) is 4.51. The number of amides is 1. The lowest BCUT2D eigenvalue weighted by Crippen LogP contribution is -2.15. The molecule has 0 unspecified atom stereocenters. The van der Waals surface area contributed by atoms with Crippen molar-refractivity contribution in [1.82, 2.24) is 14.8 Å². The van der Waals surface area contributed by atoms with Crippen molar-refractivity contribution in [2.24, 2.45) is 7.05 Å². The van der Waals surface area contributed by atoms with Crippen LogP contribution in [-0.4, -0.2) is 26.4 Å². The van der Waals surface area contributed by atoms with Crippen molar-refractivity contribution >= 4 is 34.7 Å². The van der Waals surface area contributed by atoms with Crippen LogP contribution >= 0.6 is 23.1 Å². The van der Waals surface area contributed by atoms with Gasteiger partial charge >= 0.3 is 0 Å². The normalized spacial score (nSPS) is 11.0. The second-order valence-corrected chi connectivity index (χ2v) is 7.82. The maximum absolute atomic E-state index is 13.6. The monoisotopic (exact) mass is 408 g/mol. The van der Waals surface area contributed by atoms with Crippen LogP contribution in [0.4, 0.5) is 14.5 Å². The molecule has 0 atom stereocenters. The number of aromatic nitrogens is 3. The first kappa shape index (κ1) is 19.5. The topological polar surface area (TPSA) is 59.8 Å². The molecule has 0 saturated heterocycles. The van der Waals surface area contributed by atoms with Crippen molar-refractivity contribution < 1.29 is 13.6 Å². The minimum Gasteiger partial charge on any atom is -0.323 e. The Labute approximate surface area is 163 Å². The number of carbonyl (C=O) groups excluding carboxylic acids is 1. The number of halogens is 2. The Bertz CT molecular complexity index is 955. The SMILES string of the molecule is CCCc1cc(-c2nnc(SCC(=O)Nc3ccc(F)cc3F)n2C)cs1. The molecule has 0 fully saturated rings. The zero-order valence-electron chi connectivity index (χ0n) is 14.8. The van der Waals surface area contributed by atoms with Crippen molar-refractivity contribution in [2.75, 3.05) is 11.1 Å². The molecule has 0 radical (unpaired) electrons. The van der Waals surface area contributed by atoms with Gasteiger partial charge in [-0.2, -0.15) is 0 Å². The van der Waals surface area contributed by atoms with Crippen molar-refractivity contribution in [1.29, 1.82) is 0 Å². The lowest BCUT2D eigenvalue weighted by molar-refractivity contribution is -0.113. The van der Waals surface area contributed by atoms with E-state index in [4.69, 9.17) is 0 Å². The molecule has 5 nitrogen and oxygen atoms in total. The molecule has 9 heteroatoms. The van der Waals surface area contributed by atoms with Crippen LogP contribution in [0.5, 0.6) is 0 Å². The molecule has 1 amide bonds. The van der Waals surface area contributed by atoms with Crippen molar-refractivity contribution in [3.8, 4) is 11.4 Å². The van der Waals surface area contributed by atoms with Gasteiger partial charge in [0.05, 0.1) is 11.4 Å². The molecule has 3 rings (SSSR count). The number of anilines is 1. The molecular formula is C18H18F2N4OS2. The summed E-state index contributed by atoms with van der Waals surface area (Å²) in [6.07, 6.45) is 2.12. The Morgan fingerprint density at radius 2 is 2.11 bits per heavy atom. The Morgan fingerprint density at radius 1 is 1.30 bits per heavy atom. The lowest BCUT2D eigenvalue weighted by Gasteiger charge is -2.06. The van der Waals surface area contributed by atoms with E-state index in [1.165, 1.54) is 22.7 Å². The first-order valence-electron chi connectivity index (χ1n) is 8.32. The standard InChI is InChI=1S/C18H18F2N4OS2/c1-3-4-13-7-11(9-26-13)17-22-23-18(24(17)2)27-10-16(25)21-15-6-5-12(19)8-14(15)20/h5-9H,3-4,10H2,1-2H3,(H,21,25). The summed E-state index contributed by atoms with van der Waals surface area (Å²) in [6.45, 7) is 2.14. The highest BCUT2D eigenvalue weighted by molar-refractivity contribution is 7.99. The fourth-order valence-electron chi connectivity index (χ4n) is 2.47. The molecule has 0 aliphatic heterocycles.